The molecular weight excluding hydrogens is 268 g/mol. The van der Waals surface area contributed by atoms with Crippen LogP contribution in [0.5, 0.6) is 11.5 Å². The lowest BCUT2D eigenvalue weighted by atomic mass is 10.2. The van der Waals surface area contributed by atoms with Crippen LogP contribution in [0.3, 0.4) is 0 Å². The van der Waals surface area contributed by atoms with Gasteiger partial charge in [-0.1, -0.05) is 6.92 Å². The van der Waals surface area contributed by atoms with Crippen molar-refractivity contribution in [2.45, 2.75) is 13.3 Å². The van der Waals surface area contributed by atoms with Crippen LogP contribution in [0.1, 0.15) is 12.5 Å². The Morgan fingerprint density at radius 3 is 2.62 bits per heavy atom. The fourth-order valence-corrected chi connectivity index (χ4v) is 2.33. The molecular formula is C15H18N4O2. The third-order valence-electron chi connectivity index (χ3n) is 3.34. The molecule has 6 heteroatoms. The number of nitrogens with one attached hydrogen (secondary N) is 2. The average Bonchev–Trinajstić information content (AvgIpc) is 2.54. The van der Waals surface area contributed by atoms with E-state index in [2.05, 4.69) is 27.5 Å². The molecule has 1 aromatic carbocycles. The standard InChI is InChI=1S/C15H18N4O2/c1-3-11-14(16-2)17-9-18-15(11)19-10-4-5-12-13(8-10)21-7-6-20-12/h4-5,8-9H,3,6-7H2,1-2H3,(H2,16,17,18,19). The van der Waals surface area contributed by atoms with Crippen LogP contribution in [0.25, 0.3) is 0 Å². The number of ether oxygens (including phenoxy) is 2. The molecule has 3 rings (SSSR count). The molecule has 0 bridgehead atoms. The smallest absolute Gasteiger partial charge is 0.163 e. The zero-order valence-corrected chi connectivity index (χ0v) is 12.1. The summed E-state index contributed by atoms with van der Waals surface area (Å²) in [7, 11) is 1.86. The van der Waals surface area contributed by atoms with Crippen LogP contribution in [0.4, 0.5) is 17.3 Å². The maximum Gasteiger partial charge on any atom is 0.163 e. The quantitative estimate of drug-likeness (QED) is 0.900. The predicted octanol–water partition coefficient (Wildman–Crippen LogP) is 2.60. The summed E-state index contributed by atoms with van der Waals surface area (Å²) in [5, 5.41) is 6.41. The largest absolute Gasteiger partial charge is 0.486 e. The summed E-state index contributed by atoms with van der Waals surface area (Å²) in [6.45, 7) is 3.25. The van der Waals surface area contributed by atoms with Gasteiger partial charge in [0, 0.05) is 24.4 Å². The van der Waals surface area contributed by atoms with E-state index in [0.717, 1.165) is 40.8 Å². The maximum atomic E-state index is 5.59. The minimum Gasteiger partial charge on any atom is -0.486 e. The van der Waals surface area contributed by atoms with Crippen molar-refractivity contribution in [1.82, 2.24) is 9.97 Å². The molecule has 6 nitrogen and oxygen atoms in total. The second-order valence-electron chi connectivity index (χ2n) is 4.64. The van der Waals surface area contributed by atoms with Crippen LogP contribution in [-0.4, -0.2) is 30.2 Å². The highest BCUT2D eigenvalue weighted by molar-refractivity contribution is 5.67. The SMILES string of the molecule is CCc1c(NC)ncnc1Nc1ccc2c(c1)OCCO2. The van der Waals surface area contributed by atoms with Crippen molar-refractivity contribution < 1.29 is 9.47 Å². The molecule has 21 heavy (non-hydrogen) atoms. The van der Waals surface area contributed by atoms with Gasteiger partial charge in [-0.2, -0.15) is 0 Å². The van der Waals surface area contributed by atoms with Crippen LogP contribution in [0.2, 0.25) is 0 Å². The van der Waals surface area contributed by atoms with Crippen LogP contribution in [-0.2, 0) is 6.42 Å². The van der Waals surface area contributed by atoms with E-state index in [-0.39, 0.29) is 0 Å². The molecule has 0 radical (unpaired) electrons. The Hall–Kier alpha value is -2.50. The van der Waals surface area contributed by atoms with E-state index in [0.29, 0.717) is 13.2 Å². The van der Waals surface area contributed by atoms with Gasteiger partial charge in [0.2, 0.25) is 0 Å². The van der Waals surface area contributed by atoms with Crippen molar-refractivity contribution in [3.63, 3.8) is 0 Å². The van der Waals surface area contributed by atoms with Crippen molar-refractivity contribution in [3.05, 3.63) is 30.1 Å². The molecule has 0 amide bonds. The lowest BCUT2D eigenvalue weighted by Crippen LogP contribution is -2.15. The van der Waals surface area contributed by atoms with Gasteiger partial charge in [-0.05, 0) is 18.6 Å². The summed E-state index contributed by atoms with van der Waals surface area (Å²) in [6, 6.07) is 5.78. The highest BCUT2D eigenvalue weighted by Crippen LogP contribution is 2.34. The van der Waals surface area contributed by atoms with Gasteiger partial charge in [0.15, 0.2) is 11.5 Å². The molecule has 1 aliphatic heterocycles. The van der Waals surface area contributed by atoms with Crippen LogP contribution in [0, 0.1) is 0 Å². The Balaban J connectivity index is 1.90. The molecule has 1 aliphatic rings. The molecule has 2 aromatic rings. The fourth-order valence-electron chi connectivity index (χ4n) is 2.33. The van der Waals surface area contributed by atoms with E-state index in [4.69, 9.17) is 9.47 Å². The molecule has 1 aromatic heterocycles. The fraction of sp³-hybridized carbons (Fsp3) is 0.333. The van der Waals surface area contributed by atoms with E-state index in [1.165, 1.54) is 0 Å². The van der Waals surface area contributed by atoms with Crippen molar-refractivity contribution in [2.75, 3.05) is 30.9 Å². The van der Waals surface area contributed by atoms with E-state index >= 15 is 0 Å². The summed E-state index contributed by atoms with van der Waals surface area (Å²) < 4.78 is 11.1. The number of anilines is 3. The second kappa shape index (κ2) is 5.87. The molecule has 110 valence electrons. The van der Waals surface area contributed by atoms with Gasteiger partial charge in [0.05, 0.1) is 0 Å². The number of aromatic nitrogens is 2. The number of rotatable bonds is 4. The second-order valence-corrected chi connectivity index (χ2v) is 4.64. The highest BCUT2D eigenvalue weighted by Gasteiger charge is 2.13. The van der Waals surface area contributed by atoms with Crippen LogP contribution in [0.15, 0.2) is 24.5 Å². The van der Waals surface area contributed by atoms with E-state index in [9.17, 15) is 0 Å². The monoisotopic (exact) mass is 286 g/mol. The molecule has 0 saturated carbocycles. The average molecular weight is 286 g/mol. The number of fused-ring (bicyclic) bond motifs is 1. The lowest BCUT2D eigenvalue weighted by Gasteiger charge is -2.19. The molecule has 0 aliphatic carbocycles. The van der Waals surface area contributed by atoms with Gasteiger partial charge in [-0.15, -0.1) is 0 Å². The van der Waals surface area contributed by atoms with Gasteiger partial charge in [0.25, 0.3) is 0 Å². The normalized spacial score (nSPS) is 12.9. The molecule has 2 heterocycles. The van der Waals surface area contributed by atoms with Crippen molar-refractivity contribution in [2.24, 2.45) is 0 Å². The minimum atomic E-state index is 0.577. The van der Waals surface area contributed by atoms with Gasteiger partial charge in [-0.3, -0.25) is 0 Å². The summed E-state index contributed by atoms with van der Waals surface area (Å²) in [6.07, 6.45) is 2.38. The molecule has 0 unspecified atom stereocenters. The van der Waals surface area contributed by atoms with Gasteiger partial charge < -0.3 is 20.1 Å². The Morgan fingerprint density at radius 1 is 1.10 bits per heavy atom. The first-order valence-electron chi connectivity index (χ1n) is 7.00. The van der Waals surface area contributed by atoms with Gasteiger partial charge in [0.1, 0.15) is 31.2 Å². The molecule has 2 N–H and O–H groups in total. The number of benzene rings is 1. The number of nitrogens with zero attached hydrogens (tertiary/aromatic N) is 2. The maximum absolute atomic E-state index is 5.59. The first-order valence-corrected chi connectivity index (χ1v) is 7.00. The molecule has 0 atom stereocenters. The summed E-state index contributed by atoms with van der Waals surface area (Å²) >= 11 is 0. The zero-order valence-electron chi connectivity index (χ0n) is 12.1. The topological polar surface area (TPSA) is 68.3 Å². The van der Waals surface area contributed by atoms with Crippen LogP contribution >= 0.6 is 0 Å². The minimum absolute atomic E-state index is 0.577. The Labute approximate surface area is 123 Å². The Morgan fingerprint density at radius 2 is 1.86 bits per heavy atom. The van der Waals surface area contributed by atoms with E-state index in [1.54, 1.807) is 6.33 Å². The summed E-state index contributed by atoms with van der Waals surface area (Å²) in [5.41, 5.74) is 1.96. The Bertz CT molecular complexity index is 646. The van der Waals surface area contributed by atoms with E-state index < -0.39 is 0 Å². The van der Waals surface area contributed by atoms with Crippen molar-refractivity contribution in [1.29, 1.82) is 0 Å². The number of hydrogen-bond acceptors (Lipinski definition) is 6. The lowest BCUT2D eigenvalue weighted by molar-refractivity contribution is 0.171. The first-order chi connectivity index (χ1) is 10.3. The zero-order chi connectivity index (χ0) is 14.7. The van der Waals surface area contributed by atoms with Crippen molar-refractivity contribution in [3.8, 4) is 11.5 Å². The third kappa shape index (κ3) is 2.69. The summed E-state index contributed by atoms with van der Waals surface area (Å²) in [5.74, 6) is 3.18. The Kier molecular flexibility index (Phi) is 3.77. The molecule has 0 spiro atoms. The van der Waals surface area contributed by atoms with Crippen LogP contribution < -0.4 is 20.1 Å². The van der Waals surface area contributed by atoms with Gasteiger partial charge >= 0.3 is 0 Å². The predicted molar refractivity (Wildman–Crippen MR) is 81.7 cm³/mol. The molecule has 0 fully saturated rings. The number of hydrogen-bond donors (Lipinski definition) is 2. The van der Waals surface area contributed by atoms with Crippen molar-refractivity contribution >= 4 is 17.3 Å². The van der Waals surface area contributed by atoms with Gasteiger partial charge in [-0.25, -0.2) is 9.97 Å². The summed E-state index contributed by atoms with van der Waals surface area (Å²) in [4.78, 5) is 8.56. The van der Waals surface area contributed by atoms with E-state index in [1.807, 2.05) is 25.2 Å². The molecule has 0 saturated heterocycles. The third-order valence-corrected chi connectivity index (χ3v) is 3.34. The first kappa shape index (κ1) is 13.5. The highest BCUT2D eigenvalue weighted by atomic mass is 16.6.